The van der Waals surface area contributed by atoms with Gasteiger partial charge in [-0.15, -0.1) is 10.2 Å². The molecule has 2 atom stereocenters. The maximum Gasteiger partial charge on any atom is 0.271 e. The highest BCUT2D eigenvalue weighted by molar-refractivity contribution is 5.96. The molecule has 3 aromatic rings. The molecule has 0 saturated heterocycles. The quantitative estimate of drug-likeness (QED) is 0.655. The van der Waals surface area contributed by atoms with Gasteiger partial charge < -0.3 is 0 Å². The average molecular weight is 403 g/mol. The number of amides is 1. The Morgan fingerprint density at radius 3 is 2.47 bits per heavy atom. The van der Waals surface area contributed by atoms with Gasteiger partial charge in [-0.3, -0.25) is 4.79 Å². The number of aromatic nitrogens is 4. The number of hydrazone groups is 1. The summed E-state index contributed by atoms with van der Waals surface area (Å²) in [6.07, 6.45) is 3.50. The summed E-state index contributed by atoms with van der Waals surface area (Å²) in [5, 5.41) is 17.1. The third-order valence-corrected chi connectivity index (χ3v) is 5.60. The first-order chi connectivity index (χ1) is 14.6. The highest BCUT2D eigenvalue weighted by Gasteiger charge is 2.23. The summed E-state index contributed by atoms with van der Waals surface area (Å²) in [7, 11) is 0. The van der Waals surface area contributed by atoms with Crippen LogP contribution in [-0.4, -0.2) is 31.8 Å². The molecule has 1 aliphatic rings. The number of carbonyl (C=O) groups is 1. The molecule has 7 nitrogen and oxygen atoms in total. The van der Waals surface area contributed by atoms with Gasteiger partial charge in [-0.2, -0.15) is 9.90 Å². The van der Waals surface area contributed by atoms with Crippen molar-refractivity contribution in [1.82, 2.24) is 25.6 Å². The number of nitrogens with one attached hydrogen (secondary N) is 1. The van der Waals surface area contributed by atoms with Gasteiger partial charge >= 0.3 is 0 Å². The van der Waals surface area contributed by atoms with E-state index in [9.17, 15) is 4.79 Å². The second-order valence-electron chi connectivity index (χ2n) is 7.92. The zero-order valence-corrected chi connectivity index (χ0v) is 17.3. The van der Waals surface area contributed by atoms with Crippen LogP contribution in [-0.2, 0) is 6.54 Å². The Bertz CT molecular complexity index is 1010. The van der Waals surface area contributed by atoms with E-state index in [0.29, 0.717) is 29.8 Å². The SMILES string of the molecule is C[C@H]1CCC[C@H](C)C1=NNC(=O)c1ccc(Cn2nnc(-c3ccccc3)n2)cc1. The van der Waals surface area contributed by atoms with Crippen LogP contribution in [0, 0.1) is 11.8 Å². The van der Waals surface area contributed by atoms with E-state index < -0.39 is 0 Å². The molecule has 1 aromatic heterocycles. The molecule has 1 aliphatic carbocycles. The summed E-state index contributed by atoms with van der Waals surface area (Å²) in [6.45, 7) is 4.84. The van der Waals surface area contributed by atoms with Crippen molar-refractivity contribution in [1.29, 1.82) is 0 Å². The van der Waals surface area contributed by atoms with Gasteiger partial charge in [0.25, 0.3) is 5.91 Å². The smallest absolute Gasteiger partial charge is 0.267 e. The lowest BCUT2D eigenvalue weighted by atomic mass is 9.81. The summed E-state index contributed by atoms with van der Waals surface area (Å²) in [5.74, 6) is 1.25. The van der Waals surface area contributed by atoms with Gasteiger partial charge in [-0.1, -0.05) is 62.7 Å². The lowest BCUT2D eigenvalue weighted by molar-refractivity contribution is 0.0954. The van der Waals surface area contributed by atoms with E-state index in [0.717, 1.165) is 29.7 Å². The second kappa shape index (κ2) is 8.98. The number of rotatable bonds is 5. The van der Waals surface area contributed by atoms with Crippen LogP contribution in [0.15, 0.2) is 59.7 Å². The molecule has 0 radical (unpaired) electrons. The molecule has 2 aromatic carbocycles. The first kappa shape index (κ1) is 19.9. The van der Waals surface area contributed by atoms with Crippen LogP contribution in [0.4, 0.5) is 0 Å². The minimum atomic E-state index is -0.190. The van der Waals surface area contributed by atoms with Crippen molar-refractivity contribution < 1.29 is 4.79 Å². The second-order valence-corrected chi connectivity index (χ2v) is 7.92. The normalized spacial score (nSPS) is 18.8. The third kappa shape index (κ3) is 4.62. The van der Waals surface area contributed by atoms with Crippen molar-refractivity contribution in [3.8, 4) is 11.4 Å². The number of carbonyl (C=O) groups excluding carboxylic acids is 1. The van der Waals surface area contributed by atoms with Gasteiger partial charge in [0.15, 0.2) is 0 Å². The van der Waals surface area contributed by atoms with Gasteiger partial charge in [-0.05, 0) is 47.6 Å². The molecule has 0 bridgehead atoms. The van der Waals surface area contributed by atoms with E-state index in [1.54, 1.807) is 16.9 Å². The van der Waals surface area contributed by atoms with Crippen LogP contribution in [0.25, 0.3) is 11.4 Å². The van der Waals surface area contributed by atoms with Crippen LogP contribution in [0.1, 0.15) is 49.0 Å². The fraction of sp³-hybridized carbons (Fsp3) is 0.348. The molecule has 154 valence electrons. The fourth-order valence-corrected chi connectivity index (χ4v) is 3.85. The third-order valence-electron chi connectivity index (χ3n) is 5.60. The largest absolute Gasteiger partial charge is 0.271 e. The zero-order valence-electron chi connectivity index (χ0n) is 17.3. The van der Waals surface area contributed by atoms with Gasteiger partial charge in [0.05, 0.1) is 6.54 Å². The summed E-state index contributed by atoms with van der Waals surface area (Å²) >= 11 is 0. The van der Waals surface area contributed by atoms with E-state index >= 15 is 0 Å². The molecule has 1 saturated carbocycles. The molecule has 30 heavy (non-hydrogen) atoms. The molecule has 1 N–H and O–H groups in total. The summed E-state index contributed by atoms with van der Waals surface area (Å²) in [5.41, 5.74) is 6.32. The molecule has 1 amide bonds. The van der Waals surface area contributed by atoms with E-state index in [1.165, 1.54) is 6.42 Å². The zero-order chi connectivity index (χ0) is 20.9. The molecule has 1 heterocycles. The van der Waals surface area contributed by atoms with Crippen molar-refractivity contribution in [2.24, 2.45) is 16.9 Å². The Morgan fingerprint density at radius 2 is 1.77 bits per heavy atom. The Hall–Kier alpha value is -3.35. The van der Waals surface area contributed by atoms with E-state index in [-0.39, 0.29) is 5.91 Å². The highest BCUT2D eigenvalue weighted by Crippen LogP contribution is 2.25. The number of tetrazole rings is 1. The van der Waals surface area contributed by atoms with Gasteiger partial charge in [0, 0.05) is 16.8 Å². The topological polar surface area (TPSA) is 85.1 Å². The standard InChI is InChI=1S/C23H26N6O/c1-16-7-6-8-17(2)21(16)24-26-23(30)20-13-11-18(12-14-20)15-29-27-22(25-28-29)19-9-4-3-5-10-19/h3-5,9-14,16-17H,6-8,15H2,1-2H3,(H,26,30)/t16-,17-/m0/s1. The highest BCUT2D eigenvalue weighted by atomic mass is 16.2. The van der Waals surface area contributed by atoms with Crippen molar-refractivity contribution in [2.75, 3.05) is 0 Å². The lowest BCUT2D eigenvalue weighted by Gasteiger charge is -2.26. The van der Waals surface area contributed by atoms with Crippen molar-refractivity contribution in [2.45, 2.75) is 39.7 Å². The minimum Gasteiger partial charge on any atom is -0.267 e. The average Bonchev–Trinajstić information content (AvgIpc) is 3.23. The number of hydrogen-bond acceptors (Lipinski definition) is 5. The summed E-state index contributed by atoms with van der Waals surface area (Å²) in [4.78, 5) is 14.0. The van der Waals surface area contributed by atoms with Gasteiger partial charge in [0.2, 0.25) is 5.82 Å². The van der Waals surface area contributed by atoms with Crippen LogP contribution in [0.5, 0.6) is 0 Å². The molecule has 0 aliphatic heterocycles. The van der Waals surface area contributed by atoms with E-state index in [1.807, 2.05) is 42.5 Å². The molecular weight excluding hydrogens is 376 g/mol. The van der Waals surface area contributed by atoms with Crippen molar-refractivity contribution in [3.63, 3.8) is 0 Å². The van der Waals surface area contributed by atoms with Crippen molar-refractivity contribution >= 4 is 11.6 Å². The van der Waals surface area contributed by atoms with Crippen LogP contribution in [0.2, 0.25) is 0 Å². The predicted molar refractivity (Wildman–Crippen MR) is 116 cm³/mol. The molecule has 1 fully saturated rings. The molecule has 0 unspecified atom stereocenters. The first-order valence-corrected chi connectivity index (χ1v) is 10.4. The number of nitrogens with zero attached hydrogens (tertiary/aromatic N) is 5. The molecular formula is C23H26N6O. The Kier molecular flexibility index (Phi) is 5.97. The van der Waals surface area contributed by atoms with Crippen LogP contribution < -0.4 is 5.43 Å². The predicted octanol–water partition coefficient (Wildman–Crippen LogP) is 3.93. The Balaban J connectivity index is 1.38. The monoisotopic (exact) mass is 402 g/mol. The van der Waals surface area contributed by atoms with Gasteiger partial charge in [0.1, 0.15) is 0 Å². The summed E-state index contributed by atoms with van der Waals surface area (Å²) < 4.78 is 0. The van der Waals surface area contributed by atoms with E-state index in [2.05, 4.69) is 39.8 Å². The fourth-order valence-electron chi connectivity index (χ4n) is 3.85. The lowest BCUT2D eigenvalue weighted by Crippen LogP contribution is -2.29. The molecule has 7 heteroatoms. The maximum atomic E-state index is 12.5. The molecule has 4 rings (SSSR count). The van der Waals surface area contributed by atoms with E-state index in [4.69, 9.17) is 0 Å². The number of benzene rings is 2. The number of hydrogen-bond donors (Lipinski definition) is 1. The minimum absolute atomic E-state index is 0.190. The van der Waals surface area contributed by atoms with Crippen LogP contribution in [0.3, 0.4) is 0 Å². The van der Waals surface area contributed by atoms with Crippen molar-refractivity contribution in [3.05, 3.63) is 65.7 Å². The Morgan fingerprint density at radius 1 is 1.07 bits per heavy atom. The molecule has 0 spiro atoms. The van der Waals surface area contributed by atoms with Gasteiger partial charge in [-0.25, -0.2) is 5.43 Å². The maximum absolute atomic E-state index is 12.5. The first-order valence-electron chi connectivity index (χ1n) is 10.4. The Labute approximate surface area is 176 Å². The van der Waals surface area contributed by atoms with Crippen LogP contribution >= 0.6 is 0 Å². The summed E-state index contributed by atoms with van der Waals surface area (Å²) in [6, 6.07) is 17.1.